The fourth-order valence-electron chi connectivity index (χ4n) is 3.43. The fraction of sp³-hybridized carbons (Fsp3) is 0.300. The van der Waals surface area contributed by atoms with Gasteiger partial charge in [0.25, 0.3) is 0 Å². The molecule has 7 nitrogen and oxygen atoms in total. The van der Waals surface area contributed by atoms with E-state index in [1.54, 1.807) is 18.2 Å². The average molecular weight is 493 g/mol. The Balaban J connectivity index is 1.37. The molecular weight excluding hydrogens is 475 g/mol. The zero-order valence-electron chi connectivity index (χ0n) is 16.3. The molecule has 11 heteroatoms. The Kier molecular flexibility index (Phi) is 6.72. The summed E-state index contributed by atoms with van der Waals surface area (Å²) in [5.74, 6) is 6.85. The van der Waals surface area contributed by atoms with E-state index in [4.69, 9.17) is 29.0 Å². The van der Waals surface area contributed by atoms with E-state index in [9.17, 15) is 10.1 Å². The highest BCUT2D eigenvalue weighted by molar-refractivity contribution is 7.99. The molecule has 3 aromatic rings. The number of hydrogen-bond acceptors (Lipinski definition) is 7. The molecule has 4 rings (SSSR count). The van der Waals surface area contributed by atoms with E-state index in [-0.39, 0.29) is 12.3 Å². The van der Waals surface area contributed by atoms with Crippen LogP contribution in [0, 0.1) is 11.3 Å². The Labute approximate surface area is 197 Å². The number of thiophene rings is 1. The highest BCUT2D eigenvalue weighted by Crippen LogP contribution is 2.37. The van der Waals surface area contributed by atoms with E-state index >= 15 is 0 Å². The number of nitrogens with two attached hydrogens (primary N) is 1. The summed E-state index contributed by atoms with van der Waals surface area (Å²) in [5, 5.41) is 22.7. The number of aromatic nitrogens is 3. The smallest absolute Gasteiger partial charge is 0.225 e. The topological polar surface area (TPSA) is 110 Å². The number of carbonyl (C=O) groups excluding carboxylic acids is 1. The van der Waals surface area contributed by atoms with Crippen molar-refractivity contribution in [2.45, 2.75) is 37.3 Å². The number of nitrogens with one attached hydrogen (secondary N) is 1. The number of nitriles is 1. The Morgan fingerprint density at radius 1 is 1.32 bits per heavy atom. The van der Waals surface area contributed by atoms with Gasteiger partial charge in [0.05, 0.1) is 10.6 Å². The molecule has 0 unspecified atom stereocenters. The largest absolute Gasteiger partial charge is 0.335 e. The molecule has 2 heterocycles. The zero-order valence-corrected chi connectivity index (χ0v) is 19.5. The Morgan fingerprint density at radius 3 is 2.90 bits per heavy atom. The first-order valence-electron chi connectivity index (χ1n) is 9.61. The summed E-state index contributed by atoms with van der Waals surface area (Å²) in [7, 11) is 0. The van der Waals surface area contributed by atoms with Crippen molar-refractivity contribution in [1.29, 1.82) is 5.26 Å². The number of nitrogens with zero attached hydrogens (tertiary/aromatic N) is 4. The minimum absolute atomic E-state index is 0.147. The molecule has 1 aromatic carbocycles. The van der Waals surface area contributed by atoms with E-state index in [0.717, 1.165) is 31.2 Å². The number of amides is 1. The van der Waals surface area contributed by atoms with Crippen molar-refractivity contribution in [1.82, 2.24) is 14.9 Å². The lowest BCUT2D eigenvalue weighted by atomic mass is 9.96. The molecule has 0 radical (unpaired) electrons. The predicted molar refractivity (Wildman–Crippen MR) is 125 cm³/mol. The van der Waals surface area contributed by atoms with Gasteiger partial charge in [-0.05, 0) is 49.4 Å². The Bertz CT molecular complexity index is 1180. The summed E-state index contributed by atoms with van der Waals surface area (Å²) in [4.78, 5) is 13.7. The average Bonchev–Trinajstić information content (AvgIpc) is 3.28. The summed E-state index contributed by atoms with van der Waals surface area (Å²) in [6.45, 7) is 0. The van der Waals surface area contributed by atoms with Gasteiger partial charge in [0, 0.05) is 27.6 Å². The molecule has 1 aliphatic carbocycles. The first-order chi connectivity index (χ1) is 15.0. The number of aryl methyl sites for hydroxylation is 1. The monoisotopic (exact) mass is 492 g/mol. The van der Waals surface area contributed by atoms with Crippen LogP contribution in [0.5, 0.6) is 0 Å². The number of nitrogen functional groups attached to an aromatic ring is 1. The molecule has 31 heavy (non-hydrogen) atoms. The summed E-state index contributed by atoms with van der Waals surface area (Å²) < 4.78 is 1.35. The number of rotatable bonds is 6. The van der Waals surface area contributed by atoms with E-state index in [1.807, 2.05) is 0 Å². The molecule has 2 aromatic heterocycles. The van der Waals surface area contributed by atoms with Crippen molar-refractivity contribution in [3.05, 3.63) is 44.2 Å². The molecule has 3 N–H and O–H groups in total. The maximum Gasteiger partial charge on any atom is 0.225 e. The second-order valence-electron chi connectivity index (χ2n) is 6.97. The zero-order chi connectivity index (χ0) is 22.0. The van der Waals surface area contributed by atoms with Gasteiger partial charge in [-0.3, -0.25) is 4.79 Å². The Hall–Kier alpha value is -2.25. The summed E-state index contributed by atoms with van der Waals surface area (Å²) in [6, 6.07) is 7.30. The van der Waals surface area contributed by atoms with E-state index in [0.29, 0.717) is 42.9 Å². The lowest BCUT2D eigenvalue weighted by Gasteiger charge is -2.09. The number of halogens is 2. The summed E-state index contributed by atoms with van der Waals surface area (Å²) in [6.07, 6.45) is 4.36. The molecule has 0 atom stereocenters. The molecule has 0 saturated carbocycles. The molecule has 0 fully saturated rings. The highest BCUT2D eigenvalue weighted by Gasteiger charge is 2.22. The standard InChI is InChI=1S/C20H18Cl2N6OS2/c21-11-5-6-13(15(22)9-11)18-26-27-20(28(18)24)30-8-7-17(29)25-19-14(10-23)12-3-1-2-4-16(12)31-19/h5-6,9H,1-4,7-8,24H2,(H,25,29). The molecular formula is C20H18Cl2N6OS2. The third-order valence-electron chi connectivity index (χ3n) is 4.93. The van der Waals surface area contributed by atoms with Crippen LogP contribution >= 0.6 is 46.3 Å². The number of carbonyl (C=O) groups is 1. The van der Waals surface area contributed by atoms with Crippen LogP contribution in [-0.2, 0) is 17.6 Å². The number of anilines is 1. The van der Waals surface area contributed by atoms with Gasteiger partial charge in [0.15, 0.2) is 5.82 Å². The third kappa shape index (κ3) is 4.67. The van der Waals surface area contributed by atoms with Crippen molar-refractivity contribution in [2.75, 3.05) is 16.9 Å². The number of benzene rings is 1. The van der Waals surface area contributed by atoms with Crippen molar-refractivity contribution >= 4 is 57.2 Å². The van der Waals surface area contributed by atoms with Crippen molar-refractivity contribution in [3.63, 3.8) is 0 Å². The lowest BCUT2D eigenvalue weighted by Crippen LogP contribution is -2.14. The lowest BCUT2D eigenvalue weighted by molar-refractivity contribution is -0.115. The number of hydrogen-bond donors (Lipinski definition) is 2. The van der Waals surface area contributed by atoms with Crippen LogP contribution in [0.25, 0.3) is 11.4 Å². The minimum atomic E-state index is -0.147. The van der Waals surface area contributed by atoms with Crippen LogP contribution in [-0.4, -0.2) is 26.5 Å². The first-order valence-corrected chi connectivity index (χ1v) is 12.2. The molecule has 0 saturated heterocycles. The van der Waals surface area contributed by atoms with Crippen molar-refractivity contribution in [3.8, 4) is 17.5 Å². The molecule has 0 spiro atoms. The SMILES string of the molecule is N#Cc1c(NC(=O)CCSc2nnc(-c3ccc(Cl)cc3Cl)n2N)sc2c1CCCC2. The third-order valence-corrected chi connectivity index (χ3v) is 7.63. The van der Waals surface area contributed by atoms with Crippen LogP contribution in [0.4, 0.5) is 5.00 Å². The van der Waals surface area contributed by atoms with Crippen LogP contribution in [0.2, 0.25) is 10.0 Å². The quantitative estimate of drug-likeness (QED) is 0.374. The molecule has 1 aliphatic rings. The van der Waals surface area contributed by atoms with E-state index < -0.39 is 0 Å². The summed E-state index contributed by atoms with van der Waals surface area (Å²) in [5.41, 5.74) is 2.34. The van der Waals surface area contributed by atoms with Gasteiger partial charge in [-0.1, -0.05) is 35.0 Å². The normalized spacial score (nSPS) is 12.9. The van der Waals surface area contributed by atoms with Crippen molar-refractivity contribution in [2.24, 2.45) is 0 Å². The summed E-state index contributed by atoms with van der Waals surface area (Å²) >= 11 is 15.0. The molecule has 0 aliphatic heterocycles. The maximum atomic E-state index is 12.4. The van der Waals surface area contributed by atoms with Crippen LogP contribution < -0.4 is 11.2 Å². The van der Waals surface area contributed by atoms with Gasteiger partial charge < -0.3 is 11.2 Å². The van der Waals surface area contributed by atoms with Crippen LogP contribution in [0.15, 0.2) is 23.4 Å². The molecule has 1 amide bonds. The van der Waals surface area contributed by atoms with Crippen LogP contribution in [0.3, 0.4) is 0 Å². The second kappa shape index (κ2) is 9.49. The molecule has 0 bridgehead atoms. The van der Waals surface area contributed by atoms with Gasteiger partial charge in [-0.15, -0.1) is 21.5 Å². The fourth-order valence-corrected chi connectivity index (χ4v) is 5.97. The maximum absolute atomic E-state index is 12.4. The van der Waals surface area contributed by atoms with Gasteiger partial charge in [-0.25, -0.2) is 4.68 Å². The Morgan fingerprint density at radius 2 is 2.13 bits per heavy atom. The predicted octanol–water partition coefficient (Wildman–Crippen LogP) is 4.90. The van der Waals surface area contributed by atoms with Gasteiger partial charge >= 0.3 is 0 Å². The van der Waals surface area contributed by atoms with Gasteiger partial charge in [-0.2, -0.15) is 5.26 Å². The van der Waals surface area contributed by atoms with Crippen LogP contribution in [0.1, 0.15) is 35.3 Å². The van der Waals surface area contributed by atoms with Gasteiger partial charge in [0.2, 0.25) is 11.1 Å². The minimum Gasteiger partial charge on any atom is -0.335 e. The van der Waals surface area contributed by atoms with Gasteiger partial charge in [0.1, 0.15) is 11.1 Å². The van der Waals surface area contributed by atoms with Crippen molar-refractivity contribution < 1.29 is 4.79 Å². The second-order valence-corrected chi connectivity index (χ2v) is 9.98. The number of thioether (sulfide) groups is 1. The van der Waals surface area contributed by atoms with E-state index in [1.165, 1.54) is 32.7 Å². The highest BCUT2D eigenvalue weighted by atomic mass is 35.5. The number of fused-ring (bicyclic) bond motifs is 1. The molecule has 160 valence electrons. The first kappa shape index (κ1) is 22.0. The van der Waals surface area contributed by atoms with E-state index in [2.05, 4.69) is 21.6 Å².